The maximum Gasteiger partial charge on any atom is 0.416 e. The lowest BCUT2D eigenvalue weighted by Gasteiger charge is -2.19. The van der Waals surface area contributed by atoms with E-state index in [1.807, 2.05) is 0 Å². The number of halogens is 6. The Morgan fingerprint density at radius 1 is 1.05 bits per heavy atom. The molecule has 0 aliphatic heterocycles. The summed E-state index contributed by atoms with van der Waals surface area (Å²) in [5.74, 6) is -2.08. The van der Waals surface area contributed by atoms with E-state index in [-0.39, 0.29) is 12.1 Å². The molecule has 1 atom stereocenters. The molecule has 1 unspecified atom stereocenters. The van der Waals surface area contributed by atoms with Gasteiger partial charge in [-0.2, -0.15) is 26.3 Å². The normalized spacial score (nSPS) is 14.2. The summed E-state index contributed by atoms with van der Waals surface area (Å²) in [5.41, 5.74) is -5.10. The number of aliphatic hydroxyl groups is 1. The number of aliphatic carboxylic acids is 1. The second-order valence-electron chi connectivity index (χ2n) is 3.99. The first-order chi connectivity index (χ1) is 8.85. The molecule has 20 heavy (non-hydrogen) atoms. The van der Waals surface area contributed by atoms with Crippen molar-refractivity contribution in [2.45, 2.75) is 25.4 Å². The Bertz CT molecular complexity index is 532. The summed E-state index contributed by atoms with van der Waals surface area (Å²) in [5, 5.41) is 17.6. The fourth-order valence-corrected chi connectivity index (χ4v) is 1.63. The SMILES string of the molecule is Cc1cc(C(F)(F)F)c(C(O)C(=O)O)cc1C(F)(F)F. The van der Waals surface area contributed by atoms with Crippen LogP contribution in [0.4, 0.5) is 26.3 Å². The number of benzene rings is 1. The van der Waals surface area contributed by atoms with Crippen molar-refractivity contribution >= 4 is 5.97 Å². The third-order valence-electron chi connectivity index (χ3n) is 2.54. The number of alkyl halides is 6. The zero-order valence-corrected chi connectivity index (χ0v) is 9.80. The fraction of sp³-hybridized carbons (Fsp3) is 0.364. The molecule has 0 saturated heterocycles. The zero-order chi connectivity index (χ0) is 15.9. The number of aliphatic hydroxyl groups excluding tert-OH is 1. The highest BCUT2D eigenvalue weighted by Crippen LogP contribution is 2.40. The van der Waals surface area contributed by atoms with E-state index in [1.165, 1.54) is 0 Å². The summed E-state index contributed by atoms with van der Waals surface area (Å²) >= 11 is 0. The molecule has 0 amide bonds. The first-order valence-electron chi connectivity index (χ1n) is 5.05. The lowest BCUT2D eigenvalue weighted by molar-refractivity contribution is -0.150. The molecule has 0 aliphatic carbocycles. The summed E-state index contributed by atoms with van der Waals surface area (Å²) in [4.78, 5) is 10.5. The molecular formula is C11H8F6O3. The first-order valence-corrected chi connectivity index (χ1v) is 5.05. The van der Waals surface area contributed by atoms with Crippen molar-refractivity contribution in [3.8, 4) is 0 Å². The van der Waals surface area contributed by atoms with Gasteiger partial charge in [0.15, 0.2) is 6.10 Å². The molecule has 0 radical (unpaired) electrons. The highest BCUT2D eigenvalue weighted by Gasteiger charge is 2.40. The topological polar surface area (TPSA) is 57.5 Å². The Labute approximate surface area is 108 Å². The van der Waals surface area contributed by atoms with Crippen molar-refractivity contribution in [2.24, 2.45) is 0 Å². The van der Waals surface area contributed by atoms with E-state index in [2.05, 4.69) is 0 Å². The maximum atomic E-state index is 12.7. The van der Waals surface area contributed by atoms with Crippen molar-refractivity contribution in [2.75, 3.05) is 0 Å². The van der Waals surface area contributed by atoms with Gasteiger partial charge in [-0.05, 0) is 24.6 Å². The van der Waals surface area contributed by atoms with Crippen LogP contribution in [0.5, 0.6) is 0 Å². The fourth-order valence-electron chi connectivity index (χ4n) is 1.63. The smallest absolute Gasteiger partial charge is 0.416 e. The van der Waals surface area contributed by atoms with Crippen LogP contribution in [0, 0.1) is 6.92 Å². The minimum absolute atomic E-state index is 0.0109. The Hall–Kier alpha value is -1.77. The van der Waals surface area contributed by atoms with Gasteiger partial charge < -0.3 is 10.2 Å². The third kappa shape index (κ3) is 3.21. The van der Waals surface area contributed by atoms with Crippen molar-refractivity contribution in [1.82, 2.24) is 0 Å². The van der Waals surface area contributed by atoms with Gasteiger partial charge in [0, 0.05) is 5.56 Å². The number of hydrogen-bond donors (Lipinski definition) is 2. The maximum absolute atomic E-state index is 12.7. The predicted octanol–water partition coefficient (Wildman–Crippen LogP) is 3.15. The lowest BCUT2D eigenvalue weighted by Crippen LogP contribution is -2.20. The molecule has 3 nitrogen and oxygen atoms in total. The van der Waals surface area contributed by atoms with Crippen LogP contribution in [0.3, 0.4) is 0 Å². The molecule has 1 aromatic carbocycles. The van der Waals surface area contributed by atoms with Gasteiger partial charge in [0.05, 0.1) is 11.1 Å². The number of carboxylic acids is 1. The Morgan fingerprint density at radius 2 is 1.50 bits per heavy atom. The van der Waals surface area contributed by atoms with Gasteiger partial charge in [-0.3, -0.25) is 0 Å². The van der Waals surface area contributed by atoms with E-state index in [9.17, 15) is 31.1 Å². The van der Waals surface area contributed by atoms with E-state index >= 15 is 0 Å². The third-order valence-corrected chi connectivity index (χ3v) is 2.54. The van der Waals surface area contributed by atoms with E-state index in [0.29, 0.717) is 0 Å². The number of carboxylic acid groups (broad SMARTS) is 1. The highest BCUT2D eigenvalue weighted by atomic mass is 19.4. The number of carbonyl (C=O) groups is 1. The number of rotatable bonds is 2. The van der Waals surface area contributed by atoms with Crippen LogP contribution in [0.15, 0.2) is 12.1 Å². The van der Waals surface area contributed by atoms with Gasteiger partial charge in [0.1, 0.15) is 0 Å². The molecular weight excluding hydrogens is 294 g/mol. The molecule has 0 bridgehead atoms. The van der Waals surface area contributed by atoms with Gasteiger partial charge in [-0.15, -0.1) is 0 Å². The van der Waals surface area contributed by atoms with E-state index < -0.39 is 46.7 Å². The number of aryl methyl sites for hydroxylation is 1. The van der Waals surface area contributed by atoms with Crippen LogP contribution in [0.25, 0.3) is 0 Å². The quantitative estimate of drug-likeness (QED) is 0.825. The molecule has 0 spiro atoms. The predicted molar refractivity (Wildman–Crippen MR) is 53.8 cm³/mol. The standard InChI is InChI=1S/C11H8F6O3/c1-4-2-7(11(15,16)17)5(8(18)9(19)20)3-6(4)10(12,13)14/h2-3,8,18H,1H3,(H,19,20). The molecule has 0 fully saturated rings. The van der Waals surface area contributed by atoms with Crippen LogP contribution in [-0.4, -0.2) is 16.2 Å². The van der Waals surface area contributed by atoms with E-state index in [4.69, 9.17) is 10.2 Å². The molecule has 0 aliphatic rings. The van der Waals surface area contributed by atoms with Crippen LogP contribution in [0.1, 0.15) is 28.4 Å². The summed E-state index contributed by atoms with van der Waals surface area (Å²) in [6.45, 7) is 0.814. The van der Waals surface area contributed by atoms with Gasteiger partial charge >= 0.3 is 18.3 Å². The monoisotopic (exact) mass is 302 g/mol. The minimum atomic E-state index is -5.08. The number of hydrogen-bond acceptors (Lipinski definition) is 2. The van der Waals surface area contributed by atoms with Gasteiger partial charge in [-0.25, -0.2) is 4.79 Å². The van der Waals surface area contributed by atoms with Crippen molar-refractivity contribution < 1.29 is 41.4 Å². The minimum Gasteiger partial charge on any atom is -0.479 e. The Kier molecular flexibility index (Phi) is 4.04. The second-order valence-corrected chi connectivity index (χ2v) is 3.99. The van der Waals surface area contributed by atoms with Crippen molar-refractivity contribution in [3.05, 3.63) is 34.4 Å². The molecule has 112 valence electrons. The Balaban J connectivity index is 3.63. The van der Waals surface area contributed by atoms with Crippen molar-refractivity contribution in [3.63, 3.8) is 0 Å². The second kappa shape index (κ2) is 4.97. The molecule has 1 aromatic rings. The average molecular weight is 302 g/mol. The molecule has 0 heterocycles. The van der Waals surface area contributed by atoms with Crippen LogP contribution < -0.4 is 0 Å². The van der Waals surface area contributed by atoms with Crippen molar-refractivity contribution in [1.29, 1.82) is 0 Å². The van der Waals surface area contributed by atoms with E-state index in [1.54, 1.807) is 0 Å². The van der Waals surface area contributed by atoms with Crippen LogP contribution in [0.2, 0.25) is 0 Å². The molecule has 2 N–H and O–H groups in total. The summed E-state index contributed by atoms with van der Waals surface area (Å²) in [7, 11) is 0. The molecule has 1 rings (SSSR count). The van der Waals surface area contributed by atoms with Gasteiger partial charge in [0.25, 0.3) is 0 Å². The van der Waals surface area contributed by atoms with E-state index in [0.717, 1.165) is 6.92 Å². The summed E-state index contributed by atoms with van der Waals surface area (Å²) in [6, 6.07) is 0.182. The molecule has 0 saturated carbocycles. The lowest BCUT2D eigenvalue weighted by atomic mass is 9.95. The summed E-state index contributed by atoms with van der Waals surface area (Å²) in [6.07, 6.45) is -12.7. The van der Waals surface area contributed by atoms with Crippen LogP contribution in [-0.2, 0) is 17.1 Å². The summed E-state index contributed by atoms with van der Waals surface area (Å²) < 4.78 is 75.9. The molecule has 0 aromatic heterocycles. The average Bonchev–Trinajstić information content (AvgIpc) is 2.24. The van der Waals surface area contributed by atoms with Gasteiger partial charge in [-0.1, -0.05) is 0 Å². The highest BCUT2D eigenvalue weighted by molar-refractivity contribution is 5.75. The zero-order valence-electron chi connectivity index (χ0n) is 9.80. The van der Waals surface area contributed by atoms with Crippen LogP contribution >= 0.6 is 0 Å². The molecule has 9 heteroatoms. The Morgan fingerprint density at radius 3 is 1.85 bits per heavy atom. The first kappa shape index (κ1) is 16.3. The van der Waals surface area contributed by atoms with Gasteiger partial charge in [0.2, 0.25) is 0 Å². The largest absolute Gasteiger partial charge is 0.479 e.